The van der Waals surface area contributed by atoms with Crippen molar-refractivity contribution in [3.05, 3.63) is 65.7 Å². The Labute approximate surface area is 214 Å². The number of carboxylic acids is 1. The molecule has 198 valence electrons. The van der Waals surface area contributed by atoms with Crippen molar-refractivity contribution < 1.29 is 37.2 Å². The molecule has 1 unspecified atom stereocenters. The van der Waals surface area contributed by atoms with Gasteiger partial charge in [-0.05, 0) is 24.9 Å². The Morgan fingerprint density at radius 1 is 1.05 bits per heavy atom. The number of benzene rings is 2. The topological polar surface area (TPSA) is 126 Å². The summed E-state index contributed by atoms with van der Waals surface area (Å²) >= 11 is 0. The second kappa shape index (κ2) is 10.4. The average Bonchev–Trinajstić information content (AvgIpc) is 3.57. The molecule has 1 fully saturated rings. The van der Waals surface area contributed by atoms with Crippen molar-refractivity contribution in [2.75, 3.05) is 19.6 Å². The van der Waals surface area contributed by atoms with E-state index in [1.54, 1.807) is 42.5 Å². The molecule has 2 N–H and O–H groups in total. The predicted octanol–water partition coefficient (Wildman–Crippen LogP) is 4.91. The summed E-state index contributed by atoms with van der Waals surface area (Å²) in [7, 11) is 0. The molecule has 5 rings (SSSR count). The lowest BCUT2D eigenvalue weighted by Crippen LogP contribution is -2.40. The lowest BCUT2D eigenvalue weighted by atomic mass is 9.97. The number of rotatable bonds is 7. The molecule has 4 aromatic rings. The first-order chi connectivity index (χ1) is 18.2. The first-order valence-corrected chi connectivity index (χ1v) is 11.9. The Morgan fingerprint density at radius 3 is 2.47 bits per heavy atom. The van der Waals surface area contributed by atoms with Crippen LogP contribution in [0, 0.1) is 5.92 Å². The zero-order chi connectivity index (χ0) is 26.9. The Balaban J connectivity index is 1.34. The fraction of sp³-hybridized carbons (Fsp3) is 0.308. The number of piperidine rings is 1. The minimum atomic E-state index is -4.79. The molecular weight excluding hydrogens is 505 g/mol. The number of aliphatic hydroxyl groups excluding tert-OH is 1. The SMILES string of the molecule is O=C(O)[C@H]1CCCN(CC(O)c2ccc(-c3noc(-c4onc(-c5ccccc5)c4C(F)(F)F)n3)cc2)C1. The van der Waals surface area contributed by atoms with Crippen LogP contribution in [0.1, 0.15) is 30.1 Å². The average molecular weight is 528 g/mol. The van der Waals surface area contributed by atoms with Gasteiger partial charge in [0.1, 0.15) is 11.3 Å². The summed E-state index contributed by atoms with van der Waals surface area (Å²) < 4.78 is 52.0. The molecular formula is C26H23F3N4O5. The van der Waals surface area contributed by atoms with E-state index in [0.717, 1.165) is 6.42 Å². The molecule has 1 aliphatic heterocycles. The molecule has 1 aliphatic rings. The molecule has 0 spiro atoms. The Morgan fingerprint density at radius 2 is 1.79 bits per heavy atom. The lowest BCUT2D eigenvalue weighted by molar-refractivity contribution is -0.143. The predicted molar refractivity (Wildman–Crippen MR) is 127 cm³/mol. The fourth-order valence-corrected chi connectivity index (χ4v) is 4.55. The van der Waals surface area contributed by atoms with Gasteiger partial charge < -0.3 is 19.3 Å². The molecule has 0 radical (unpaired) electrons. The van der Waals surface area contributed by atoms with E-state index in [1.165, 1.54) is 12.1 Å². The number of likely N-dealkylation sites (tertiary alicyclic amines) is 1. The van der Waals surface area contributed by atoms with E-state index < -0.39 is 41.4 Å². The normalized spacial score (nSPS) is 17.4. The largest absolute Gasteiger partial charge is 0.481 e. The number of halogens is 3. The van der Waals surface area contributed by atoms with E-state index in [4.69, 9.17) is 9.05 Å². The van der Waals surface area contributed by atoms with Gasteiger partial charge in [0.25, 0.3) is 5.89 Å². The fourth-order valence-electron chi connectivity index (χ4n) is 4.55. The third-order valence-corrected chi connectivity index (χ3v) is 6.48. The Bertz CT molecular complexity index is 1400. The number of aliphatic hydroxyl groups is 1. The molecule has 2 atom stereocenters. The molecule has 0 amide bonds. The van der Waals surface area contributed by atoms with Crippen LogP contribution in [-0.2, 0) is 11.0 Å². The van der Waals surface area contributed by atoms with E-state index in [1.807, 2.05) is 4.90 Å². The van der Waals surface area contributed by atoms with Gasteiger partial charge in [0.2, 0.25) is 11.6 Å². The summed E-state index contributed by atoms with van der Waals surface area (Å²) in [6.45, 7) is 1.37. The number of nitrogens with zero attached hydrogens (tertiary/aromatic N) is 4. The van der Waals surface area contributed by atoms with E-state index in [9.17, 15) is 28.2 Å². The highest BCUT2D eigenvalue weighted by Crippen LogP contribution is 2.43. The first kappa shape index (κ1) is 25.6. The summed E-state index contributed by atoms with van der Waals surface area (Å²) in [5.74, 6) is -2.39. The van der Waals surface area contributed by atoms with Crippen molar-refractivity contribution >= 4 is 5.97 Å². The summed E-state index contributed by atoms with van der Waals surface area (Å²) in [6, 6.07) is 14.4. The summed E-state index contributed by atoms with van der Waals surface area (Å²) in [5, 5.41) is 27.3. The number of β-amino-alcohol motifs (C(OH)–C–C–N with tert-alkyl or cyclic N) is 1. The Hall–Kier alpha value is -4.03. The van der Waals surface area contributed by atoms with Crippen LogP contribution >= 0.6 is 0 Å². The van der Waals surface area contributed by atoms with Gasteiger partial charge in [-0.25, -0.2) is 0 Å². The van der Waals surface area contributed by atoms with Crippen molar-refractivity contribution in [2.24, 2.45) is 5.92 Å². The third kappa shape index (κ3) is 5.31. The van der Waals surface area contributed by atoms with Gasteiger partial charge in [-0.1, -0.05) is 64.9 Å². The second-order valence-corrected chi connectivity index (χ2v) is 9.10. The van der Waals surface area contributed by atoms with E-state index in [-0.39, 0.29) is 23.6 Å². The monoisotopic (exact) mass is 528 g/mol. The quantitative estimate of drug-likeness (QED) is 0.344. The van der Waals surface area contributed by atoms with Crippen LogP contribution in [-0.4, -0.2) is 56.0 Å². The van der Waals surface area contributed by atoms with Gasteiger partial charge in [-0.15, -0.1) is 0 Å². The molecule has 1 saturated heterocycles. The molecule has 9 nitrogen and oxygen atoms in total. The van der Waals surface area contributed by atoms with Crippen LogP contribution in [0.3, 0.4) is 0 Å². The van der Waals surface area contributed by atoms with Gasteiger partial charge in [0.15, 0.2) is 0 Å². The molecule has 2 aromatic carbocycles. The first-order valence-electron chi connectivity index (χ1n) is 11.9. The zero-order valence-electron chi connectivity index (χ0n) is 19.9. The maximum atomic E-state index is 13.9. The van der Waals surface area contributed by atoms with E-state index in [0.29, 0.717) is 30.6 Å². The summed E-state index contributed by atoms with van der Waals surface area (Å²) in [6.07, 6.45) is -4.27. The van der Waals surface area contributed by atoms with E-state index >= 15 is 0 Å². The van der Waals surface area contributed by atoms with Crippen LogP contribution in [0.4, 0.5) is 13.2 Å². The van der Waals surface area contributed by atoms with Crippen LogP contribution in [0.15, 0.2) is 63.6 Å². The van der Waals surface area contributed by atoms with Crippen molar-refractivity contribution in [1.82, 2.24) is 20.2 Å². The van der Waals surface area contributed by atoms with Gasteiger partial charge in [-0.2, -0.15) is 18.2 Å². The van der Waals surface area contributed by atoms with Crippen molar-refractivity contribution in [3.63, 3.8) is 0 Å². The van der Waals surface area contributed by atoms with Gasteiger partial charge in [0.05, 0.1) is 12.0 Å². The van der Waals surface area contributed by atoms with Crippen molar-refractivity contribution in [1.29, 1.82) is 0 Å². The lowest BCUT2D eigenvalue weighted by Gasteiger charge is -2.32. The highest BCUT2D eigenvalue weighted by Gasteiger charge is 2.43. The number of hydrogen-bond acceptors (Lipinski definition) is 8. The molecule has 12 heteroatoms. The second-order valence-electron chi connectivity index (χ2n) is 9.10. The van der Waals surface area contributed by atoms with Crippen LogP contribution in [0.5, 0.6) is 0 Å². The number of carbonyl (C=O) groups is 1. The van der Waals surface area contributed by atoms with Crippen molar-refractivity contribution in [2.45, 2.75) is 25.1 Å². The molecule has 2 aromatic heterocycles. The number of hydrogen-bond donors (Lipinski definition) is 2. The summed E-state index contributed by atoms with van der Waals surface area (Å²) in [5.41, 5.74) is -0.213. The minimum Gasteiger partial charge on any atom is -0.481 e. The zero-order valence-corrected chi connectivity index (χ0v) is 19.9. The van der Waals surface area contributed by atoms with Crippen molar-refractivity contribution in [3.8, 4) is 34.3 Å². The number of aromatic nitrogens is 3. The number of aliphatic carboxylic acids is 1. The molecule has 3 heterocycles. The van der Waals surface area contributed by atoms with E-state index in [2.05, 4.69) is 15.3 Å². The number of alkyl halides is 3. The molecule has 0 saturated carbocycles. The maximum Gasteiger partial charge on any atom is 0.422 e. The van der Waals surface area contributed by atoms with Gasteiger partial charge in [-0.3, -0.25) is 9.69 Å². The van der Waals surface area contributed by atoms with Crippen LogP contribution in [0.25, 0.3) is 34.3 Å². The van der Waals surface area contributed by atoms with Gasteiger partial charge >= 0.3 is 12.1 Å². The van der Waals surface area contributed by atoms with Crippen LogP contribution in [0.2, 0.25) is 0 Å². The Kier molecular flexibility index (Phi) is 7.00. The molecule has 0 aliphatic carbocycles. The highest BCUT2D eigenvalue weighted by atomic mass is 19.4. The highest BCUT2D eigenvalue weighted by molar-refractivity contribution is 5.71. The minimum absolute atomic E-state index is 0.0344. The maximum absolute atomic E-state index is 13.9. The smallest absolute Gasteiger partial charge is 0.422 e. The standard InChI is InChI=1S/C26H23F3N4O5/c27-26(28,29)20-21(16-5-2-1-3-6-16)31-37-22(20)24-30-23(32-38-24)17-10-8-15(9-11-17)19(34)14-33-12-4-7-18(13-33)25(35)36/h1-3,5-6,8-11,18-19,34H,4,7,12-14H2,(H,35,36)/t18-,19?/m0/s1. The molecule has 0 bridgehead atoms. The molecule has 38 heavy (non-hydrogen) atoms. The van der Waals surface area contributed by atoms with Crippen LogP contribution < -0.4 is 0 Å². The number of carboxylic acid groups (broad SMARTS) is 1. The summed E-state index contributed by atoms with van der Waals surface area (Å²) in [4.78, 5) is 17.3. The third-order valence-electron chi connectivity index (χ3n) is 6.48. The van der Waals surface area contributed by atoms with Gasteiger partial charge in [0, 0.05) is 24.2 Å².